The molecule has 0 bridgehead atoms. The fourth-order valence-electron chi connectivity index (χ4n) is 1.77. The van der Waals surface area contributed by atoms with Crippen molar-refractivity contribution in [2.45, 2.75) is 0 Å². The van der Waals surface area contributed by atoms with Crippen molar-refractivity contribution in [3.8, 4) is 16.9 Å². The van der Waals surface area contributed by atoms with E-state index in [1.54, 1.807) is 36.4 Å². The first-order valence-electron chi connectivity index (χ1n) is 5.99. The lowest BCUT2D eigenvalue weighted by atomic mass is 10.0. The van der Waals surface area contributed by atoms with Crippen LogP contribution >= 0.6 is 12.4 Å². The topological polar surface area (TPSA) is 46.5 Å². The number of ether oxygens (including phenoxy) is 1. The Kier molecular flexibility index (Phi) is 5.93. The third-order valence-corrected chi connectivity index (χ3v) is 2.75. The molecule has 0 heterocycles. The standard InChI is InChI=1S/C16H13FO3.ClH/c1-2-9-20-13-6-3-11(4-7-13)12-5-8-14(16(18)19)15(17)10-12;/h2-8,10H,1,9H2,(H,18,19);1H. The highest BCUT2D eigenvalue weighted by molar-refractivity contribution is 5.88. The minimum absolute atomic E-state index is 0. The summed E-state index contributed by atoms with van der Waals surface area (Å²) >= 11 is 0. The van der Waals surface area contributed by atoms with Crippen LogP contribution in [-0.4, -0.2) is 17.7 Å². The second-order valence-corrected chi connectivity index (χ2v) is 4.12. The van der Waals surface area contributed by atoms with Crippen molar-refractivity contribution in [2.24, 2.45) is 0 Å². The van der Waals surface area contributed by atoms with E-state index in [9.17, 15) is 9.18 Å². The molecule has 1 N–H and O–H groups in total. The maximum absolute atomic E-state index is 13.6. The van der Waals surface area contributed by atoms with E-state index in [1.165, 1.54) is 12.1 Å². The molecule has 3 nitrogen and oxygen atoms in total. The number of aromatic carboxylic acids is 1. The Morgan fingerprint density at radius 2 is 1.81 bits per heavy atom. The lowest BCUT2D eigenvalue weighted by molar-refractivity contribution is 0.0692. The molecule has 0 aliphatic heterocycles. The Morgan fingerprint density at radius 1 is 1.19 bits per heavy atom. The molecule has 0 atom stereocenters. The summed E-state index contributed by atoms with van der Waals surface area (Å²) < 4.78 is 19.0. The smallest absolute Gasteiger partial charge is 0.338 e. The molecule has 0 aliphatic rings. The van der Waals surface area contributed by atoms with Crippen LogP contribution < -0.4 is 4.74 Å². The van der Waals surface area contributed by atoms with Gasteiger partial charge in [0.05, 0.1) is 5.56 Å². The van der Waals surface area contributed by atoms with E-state index >= 15 is 0 Å². The largest absolute Gasteiger partial charge is 0.490 e. The van der Waals surface area contributed by atoms with Crippen LogP contribution in [-0.2, 0) is 0 Å². The van der Waals surface area contributed by atoms with Crippen LogP contribution in [0.4, 0.5) is 4.39 Å². The Bertz CT molecular complexity index is 638. The third-order valence-electron chi connectivity index (χ3n) is 2.75. The van der Waals surface area contributed by atoms with Crippen LogP contribution in [0.3, 0.4) is 0 Å². The molecular formula is C16H14ClFO3. The zero-order chi connectivity index (χ0) is 14.5. The second kappa shape index (κ2) is 7.45. The number of halogens is 2. The molecule has 2 aromatic rings. The van der Waals surface area contributed by atoms with Crippen molar-refractivity contribution in [1.82, 2.24) is 0 Å². The van der Waals surface area contributed by atoms with Crippen molar-refractivity contribution in [1.29, 1.82) is 0 Å². The number of benzene rings is 2. The SMILES string of the molecule is C=CCOc1ccc(-c2ccc(C(=O)O)c(F)c2)cc1.Cl. The molecule has 2 rings (SSSR count). The molecule has 2 aromatic carbocycles. The van der Waals surface area contributed by atoms with Crippen molar-refractivity contribution in [3.05, 3.63) is 66.5 Å². The van der Waals surface area contributed by atoms with Crippen LogP contribution in [0.2, 0.25) is 0 Å². The van der Waals surface area contributed by atoms with E-state index in [4.69, 9.17) is 9.84 Å². The van der Waals surface area contributed by atoms with Gasteiger partial charge in [0, 0.05) is 0 Å². The molecule has 0 fully saturated rings. The van der Waals surface area contributed by atoms with E-state index in [1.807, 2.05) is 0 Å². The summed E-state index contributed by atoms with van der Waals surface area (Å²) in [7, 11) is 0. The number of rotatable bonds is 5. The zero-order valence-electron chi connectivity index (χ0n) is 11.1. The van der Waals surface area contributed by atoms with Crippen LogP contribution in [0.1, 0.15) is 10.4 Å². The van der Waals surface area contributed by atoms with Crippen LogP contribution in [0.25, 0.3) is 11.1 Å². The van der Waals surface area contributed by atoms with Gasteiger partial charge >= 0.3 is 5.97 Å². The lowest BCUT2D eigenvalue weighted by Gasteiger charge is -2.06. The van der Waals surface area contributed by atoms with E-state index in [0.29, 0.717) is 17.9 Å². The summed E-state index contributed by atoms with van der Waals surface area (Å²) in [4.78, 5) is 10.8. The van der Waals surface area contributed by atoms with E-state index in [-0.39, 0.29) is 18.0 Å². The van der Waals surface area contributed by atoms with Gasteiger partial charge in [-0.15, -0.1) is 12.4 Å². The summed E-state index contributed by atoms with van der Waals surface area (Å²) in [6, 6.07) is 11.1. The highest BCUT2D eigenvalue weighted by Crippen LogP contribution is 2.24. The molecule has 0 spiro atoms. The van der Waals surface area contributed by atoms with Gasteiger partial charge in [0.15, 0.2) is 0 Å². The highest BCUT2D eigenvalue weighted by Gasteiger charge is 2.11. The quantitative estimate of drug-likeness (QED) is 0.843. The first kappa shape index (κ1) is 16.7. The molecule has 0 saturated heterocycles. The van der Waals surface area contributed by atoms with Gasteiger partial charge in [0.25, 0.3) is 0 Å². The van der Waals surface area contributed by atoms with Gasteiger partial charge in [-0.2, -0.15) is 0 Å². The Morgan fingerprint density at radius 3 is 2.33 bits per heavy atom. The van der Waals surface area contributed by atoms with Crippen LogP contribution in [0, 0.1) is 5.82 Å². The molecule has 0 saturated carbocycles. The Hall–Kier alpha value is -2.33. The van der Waals surface area contributed by atoms with Gasteiger partial charge in [-0.25, -0.2) is 9.18 Å². The Balaban J connectivity index is 0.00000220. The van der Waals surface area contributed by atoms with E-state index in [0.717, 1.165) is 5.56 Å². The van der Waals surface area contributed by atoms with Crippen LogP contribution in [0.5, 0.6) is 5.75 Å². The predicted octanol–water partition coefficient (Wildman–Crippen LogP) is 4.18. The van der Waals surface area contributed by atoms with Gasteiger partial charge in [-0.1, -0.05) is 30.9 Å². The van der Waals surface area contributed by atoms with Crippen LogP contribution in [0.15, 0.2) is 55.1 Å². The fraction of sp³-hybridized carbons (Fsp3) is 0.0625. The van der Waals surface area contributed by atoms with Gasteiger partial charge in [0.2, 0.25) is 0 Å². The second-order valence-electron chi connectivity index (χ2n) is 4.12. The molecule has 21 heavy (non-hydrogen) atoms. The first-order chi connectivity index (χ1) is 9.61. The molecule has 0 aromatic heterocycles. The van der Waals surface area contributed by atoms with E-state index in [2.05, 4.69) is 6.58 Å². The summed E-state index contributed by atoms with van der Waals surface area (Å²) in [5, 5.41) is 8.78. The molecule has 0 radical (unpaired) electrons. The number of hydrogen-bond donors (Lipinski definition) is 1. The average Bonchev–Trinajstić information content (AvgIpc) is 2.45. The minimum atomic E-state index is -1.28. The monoisotopic (exact) mass is 308 g/mol. The molecule has 110 valence electrons. The van der Waals surface area contributed by atoms with Gasteiger partial charge in [-0.3, -0.25) is 0 Å². The maximum Gasteiger partial charge on any atom is 0.338 e. The number of carbonyl (C=O) groups is 1. The third kappa shape index (κ3) is 4.07. The van der Waals surface area contributed by atoms with Gasteiger partial charge in [-0.05, 0) is 35.4 Å². The molecule has 0 unspecified atom stereocenters. The first-order valence-corrected chi connectivity index (χ1v) is 5.99. The summed E-state index contributed by atoms with van der Waals surface area (Å²) in [5.74, 6) is -1.33. The van der Waals surface area contributed by atoms with E-state index < -0.39 is 11.8 Å². The molecule has 0 aliphatic carbocycles. The van der Waals surface area contributed by atoms with Crippen molar-refractivity contribution < 1.29 is 19.0 Å². The van der Waals surface area contributed by atoms with Gasteiger partial charge < -0.3 is 9.84 Å². The molecular weight excluding hydrogens is 295 g/mol. The zero-order valence-corrected chi connectivity index (χ0v) is 11.9. The van der Waals surface area contributed by atoms with Gasteiger partial charge in [0.1, 0.15) is 18.2 Å². The van der Waals surface area contributed by atoms with Crippen molar-refractivity contribution >= 4 is 18.4 Å². The Labute approximate surface area is 128 Å². The number of hydrogen-bond acceptors (Lipinski definition) is 2. The van der Waals surface area contributed by atoms with Crippen molar-refractivity contribution in [2.75, 3.05) is 6.61 Å². The minimum Gasteiger partial charge on any atom is -0.490 e. The average molecular weight is 309 g/mol. The highest BCUT2D eigenvalue weighted by atomic mass is 35.5. The molecule has 5 heteroatoms. The lowest BCUT2D eigenvalue weighted by Crippen LogP contribution is -2.00. The normalized spacial score (nSPS) is 9.57. The number of carboxylic acids is 1. The fourth-order valence-corrected chi connectivity index (χ4v) is 1.77. The summed E-state index contributed by atoms with van der Waals surface area (Å²) in [5.41, 5.74) is 1.06. The number of carboxylic acid groups (broad SMARTS) is 1. The maximum atomic E-state index is 13.6. The summed E-state index contributed by atoms with van der Waals surface area (Å²) in [6.45, 7) is 3.98. The predicted molar refractivity (Wildman–Crippen MR) is 81.7 cm³/mol. The summed E-state index contributed by atoms with van der Waals surface area (Å²) in [6.07, 6.45) is 1.65. The van der Waals surface area contributed by atoms with Crippen molar-refractivity contribution in [3.63, 3.8) is 0 Å². The molecule has 0 amide bonds.